The minimum atomic E-state index is -0.704. The minimum absolute atomic E-state index is 0.127. The average molecular weight is 324 g/mol. The molecule has 0 saturated carbocycles. The van der Waals surface area contributed by atoms with E-state index in [1.807, 2.05) is 6.92 Å². The molecule has 0 radical (unpaired) electrons. The number of rotatable bonds is 6. The predicted octanol–water partition coefficient (Wildman–Crippen LogP) is 2.24. The first-order valence-electron chi connectivity index (χ1n) is 6.82. The Balaban J connectivity index is 1.84. The number of nitrogens with zero attached hydrogens (tertiary/aromatic N) is 2. The van der Waals surface area contributed by atoms with Gasteiger partial charge in [0.15, 0.2) is 0 Å². The normalized spacial score (nSPS) is 12.0. The Bertz CT molecular complexity index is 640. The van der Waals surface area contributed by atoms with E-state index >= 15 is 0 Å². The van der Waals surface area contributed by atoms with E-state index in [1.54, 1.807) is 35.1 Å². The molecule has 0 aliphatic rings. The van der Waals surface area contributed by atoms with Crippen LogP contribution >= 0.6 is 11.6 Å². The van der Waals surface area contributed by atoms with Gasteiger partial charge in [-0.3, -0.25) is 9.48 Å². The lowest BCUT2D eigenvalue weighted by Crippen LogP contribution is -2.24. The molecule has 1 aromatic carbocycles. The number of ether oxygens (including phenoxy) is 1. The van der Waals surface area contributed by atoms with E-state index in [-0.39, 0.29) is 12.5 Å². The van der Waals surface area contributed by atoms with Crippen LogP contribution in [-0.2, 0) is 11.3 Å². The van der Waals surface area contributed by atoms with Gasteiger partial charge in [0, 0.05) is 12.6 Å². The highest BCUT2D eigenvalue weighted by atomic mass is 35.5. The molecule has 0 fully saturated rings. The van der Waals surface area contributed by atoms with Crippen LogP contribution in [0.2, 0.25) is 5.02 Å². The summed E-state index contributed by atoms with van der Waals surface area (Å²) < 4.78 is 7.14. The molecule has 0 bridgehead atoms. The highest BCUT2D eigenvalue weighted by Gasteiger charge is 2.10. The largest absolute Gasteiger partial charge is 0.491 e. The molecule has 0 aliphatic heterocycles. The van der Waals surface area contributed by atoms with Gasteiger partial charge in [-0.25, -0.2) is 0 Å². The van der Waals surface area contributed by atoms with E-state index in [9.17, 15) is 9.90 Å². The zero-order valence-corrected chi connectivity index (χ0v) is 13.2. The Morgan fingerprint density at radius 3 is 2.68 bits per heavy atom. The van der Waals surface area contributed by atoms with Crippen molar-refractivity contribution >= 4 is 23.2 Å². The van der Waals surface area contributed by atoms with E-state index < -0.39 is 6.10 Å². The Morgan fingerprint density at radius 2 is 2.14 bits per heavy atom. The maximum absolute atomic E-state index is 10.9. The predicted molar refractivity (Wildman–Crippen MR) is 84.2 cm³/mol. The van der Waals surface area contributed by atoms with E-state index in [0.29, 0.717) is 23.0 Å². The van der Waals surface area contributed by atoms with Gasteiger partial charge in [0.2, 0.25) is 5.91 Å². The quantitative estimate of drug-likeness (QED) is 0.854. The molecule has 6 nitrogen and oxygen atoms in total. The van der Waals surface area contributed by atoms with Gasteiger partial charge < -0.3 is 15.2 Å². The fourth-order valence-electron chi connectivity index (χ4n) is 1.89. The number of amides is 1. The molecule has 1 heterocycles. The van der Waals surface area contributed by atoms with Crippen molar-refractivity contribution in [2.24, 2.45) is 0 Å². The molecule has 2 rings (SSSR count). The van der Waals surface area contributed by atoms with Gasteiger partial charge in [0.25, 0.3) is 0 Å². The van der Waals surface area contributed by atoms with Crippen LogP contribution in [0.3, 0.4) is 0 Å². The number of aromatic nitrogens is 2. The van der Waals surface area contributed by atoms with Crippen molar-refractivity contribution < 1.29 is 14.6 Å². The summed E-state index contributed by atoms with van der Waals surface area (Å²) in [6, 6.07) is 6.93. The SMILES string of the molecule is CC(=O)Nc1ccc(OCC(O)Cn2ncc(Cl)c2C)cc1. The smallest absolute Gasteiger partial charge is 0.221 e. The average Bonchev–Trinajstić information content (AvgIpc) is 2.78. The second-order valence-corrected chi connectivity index (χ2v) is 5.34. The molecule has 0 spiro atoms. The number of anilines is 1. The number of aliphatic hydroxyl groups is 1. The Hall–Kier alpha value is -2.05. The number of carbonyl (C=O) groups is 1. The monoisotopic (exact) mass is 323 g/mol. The number of halogens is 1. The fraction of sp³-hybridized carbons (Fsp3) is 0.333. The number of nitrogens with one attached hydrogen (secondary N) is 1. The number of carbonyl (C=O) groups excluding carboxylic acids is 1. The maximum Gasteiger partial charge on any atom is 0.221 e. The number of aliphatic hydroxyl groups excluding tert-OH is 1. The Kier molecular flexibility index (Phi) is 5.41. The van der Waals surface area contributed by atoms with E-state index in [0.717, 1.165) is 5.69 Å². The fourth-order valence-corrected chi connectivity index (χ4v) is 2.03. The lowest BCUT2D eigenvalue weighted by atomic mass is 10.3. The summed E-state index contributed by atoms with van der Waals surface area (Å²) in [5.74, 6) is 0.487. The summed E-state index contributed by atoms with van der Waals surface area (Å²) in [6.45, 7) is 3.73. The van der Waals surface area contributed by atoms with Gasteiger partial charge >= 0.3 is 0 Å². The molecule has 1 atom stereocenters. The number of hydrogen-bond acceptors (Lipinski definition) is 4. The van der Waals surface area contributed by atoms with Crippen LogP contribution in [0.4, 0.5) is 5.69 Å². The van der Waals surface area contributed by atoms with Crippen LogP contribution in [0.15, 0.2) is 30.5 Å². The molecule has 1 unspecified atom stereocenters. The van der Waals surface area contributed by atoms with Crippen molar-refractivity contribution in [3.05, 3.63) is 41.2 Å². The van der Waals surface area contributed by atoms with Gasteiger partial charge in [0.05, 0.1) is 23.5 Å². The van der Waals surface area contributed by atoms with Gasteiger partial charge in [-0.1, -0.05) is 11.6 Å². The molecule has 22 heavy (non-hydrogen) atoms. The van der Waals surface area contributed by atoms with Crippen LogP contribution < -0.4 is 10.1 Å². The van der Waals surface area contributed by atoms with Crippen LogP contribution in [0.25, 0.3) is 0 Å². The van der Waals surface area contributed by atoms with Crippen molar-refractivity contribution in [1.82, 2.24) is 9.78 Å². The Labute approximate surface area is 133 Å². The van der Waals surface area contributed by atoms with Crippen LogP contribution in [0.5, 0.6) is 5.75 Å². The lowest BCUT2D eigenvalue weighted by Gasteiger charge is -2.14. The molecule has 0 saturated heterocycles. The molecular weight excluding hydrogens is 306 g/mol. The van der Waals surface area contributed by atoms with Crippen LogP contribution in [0.1, 0.15) is 12.6 Å². The Morgan fingerprint density at radius 1 is 1.45 bits per heavy atom. The van der Waals surface area contributed by atoms with Crippen LogP contribution in [0, 0.1) is 6.92 Å². The summed E-state index contributed by atoms with van der Waals surface area (Å²) in [5, 5.41) is 17.3. The third kappa shape index (κ3) is 4.47. The minimum Gasteiger partial charge on any atom is -0.491 e. The zero-order chi connectivity index (χ0) is 16.1. The van der Waals surface area contributed by atoms with Crippen molar-refractivity contribution in [2.75, 3.05) is 11.9 Å². The highest BCUT2D eigenvalue weighted by molar-refractivity contribution is 6.31. The van der Waals surface area contributed by atoms with Crippen molar-refractivity contribution in [2.45, 2.75) is 26.5 Å². The first kappa shape index (κ1) is 16.3. The second kappa shape index (κ2) is 7.29. The van der Waals surface area contributed by atoms with E-state index in [1.165, 1.54) is 6.92 Å². The zero-order valence-electron chi connectivity index (χ0n) is 12.4. The highest BCUT2D eigenvalue weighted by Crippen LogP contribution is 2.17. The molecule has 2 aromatic rings. The van der Waals surface area contributed by atoms with Crippen molar-refractivity contribution in [3.63, 3.8) is 0 Å². The summed E-state index contributed by atoms with van der Waals surface area (Å²) >= 11 is 5.91. The van der Waals surface area contributed by atoms with E-state index in [4.69, 9.17) is 16.3 Å². The third-order valence-corrected chi connectivity index (χ3v) is 3.42. The lowest BCUT2D eigenvalue weighted by molar-refractivity contribution is -0.114. The molecule has 7 heteroatoms. The van der Waals surface area contributed by atoms with Gasteiger partial charge in [-0.05, 0) is 31.2 Å². The van der Waals surface area contributed by atoms with Crippen molar-refractivity contribution in [1.29, 1.82) is 0 Å². The van der Waals surface area contributed by atoms with Crippen molar-refractivity contribution in [3.8, 4) is 5.75 Å². The topological polar surface area (TPSA) is 76.4 Å². The standard InChI is InChI=1S/C15H18ClN3O3/c1-10-15(16)7-17-19(10)8-13(21)9-22-14-5-3-12(4-6-14)18-11(2)20/h3-7,13,21H,8-9H2,1-2H3,(H,18,20). The molecule has 2 N–H and O–H groups in total. The molecule has 0 aliphatic carbocycles. The van der Waals surface area contributed by atoms with Gasteiger partial charge in [-0.15, -0.1) is 0 Å². The first-order valence-corrected chi connectivity index (χ1v) is 7.20. The summed E-state index contributed by atoms with van der Waals surface area (Å²) in [5.41, 5.74) is 1.50. The third-order valence-electron chi connectivity index (χ3n) is 3.04. The molecule has 118 valence electrons. The summed E-state index contributed by atoms with van der Waals surface area (Å²) in [6.07, 6.45) is 0.843. The molecule has 1 amide bonds. The maximum atomic E-state index is 10.9. The van der Waals surface area contributed by atoms with Gasteiger partial charge in [0.1, 0.15) is 18.5 Å². The summed E-state index contributed by atoms with van der Waals surface area (Å²) in [7, 11) is 0. The number of hydrogen-bond donors (Lipinski definition) is 2. The first-order chi connectivity index (χ1) is 10.5. The van der Waals surface area contributed by atoms with Gasteiger partial charge in [-0.2, -0.15) is 5.10 Å². The molecular formula is C15H18ClN3O3. The second-order valence-electron chi connectivity index (χ2n) is 4.93. The van der Waals surface area contributed by atoms with E-state index in [2.05, 4.69) is 10.4 Å². The molecule has 1 aromatic heterocycles. The summed E-state index contributed by atoms with van der Waals surface area (Å²) in [4.78, 5) is 10.9. The number of benzene rings is 1. The van der Waals surface area contributed by atoms with Crippen LogP contribution in [-0.4, -0.2) is 33.5 Å².